The van der Waals surface area contributed by atoms with Crippen LogP contribution in [0.15, 0.2) is 59.6 Å². The molecule has 0 spiro atoms. The lowest BCUT2D eigenvalue weighted by atomic mass is 9.93. The Morgan fingerprint density at radius 3 is 2.47 bits per heavy atom. The largest absolute Gasteiger partial charge is 0.494 e. The Morgan fingerprint density at radius 2 is 1.79 bits per heavy atom. The van der Waals surface area contributed by atoms with Gasteiger partial charge in [0, 0.05) is 16.1 Å². The van der Waals surface area contributed by atoms with Gasteiger partial charge in [0.2, 0.25) is 5.91 Å². The molecule has 10 heteroatoms. The summed E-state index contributed by atoms with van der Waals surface area (Å²) in [5.41, 5.74) is 3.14. The lowest BCUT2D eigenvalue weighted by Crippen LogP contribution is -2.55. The number of fused-ring (bicyclic) bond motifs is 2. The molecule has 0 aromatic heterocycles. The molecule has 0 aliphatic carbocycles. The number of aliphatic imine (C=N–C) groups is 1. The smallest absolute Gasteiger partial charge is 0.331 e. The van der Waals surface area contributed by atoms with Crippen LogP contribution in [0.25, 0.3) is 0 Å². The number of carbonyl (C=O) groups excluding carboxylic acids is 2. The standard InChI is InChI=1S/C28H24Cl2N4O4/c1-14(2)38-19-12-20(37-3)24-26-22(19)27-32-23(17-6-4-5-7-18(17)30)25(15-8-10-16(29)11-9-15)34(27)28(36)33(26)13-21(35)31-24/h4-12,14,23,25H,13H2,1-3H3,(H,31,35)/t23-,25+/m0/s1. The van der Waals surface area contributed by atoms with E-state index in [1.807, 2.05) is 50.2 Å². The van der Waals surface area contributed by atoms with Crippen LogP contribution in [0.5, 0.6) is 11.5 Å². The van der Waals surface area contributed by atoms with Crippen molar-refractivity contribution in [1.82, 2.24) is 4.90 Å². The molecule has 3 aromatic carbocycles. The number of benzene rings is 3. The first-order chi connectivity index (χ1) is 18.3. The Hall–Kier alpha value is -3.75. The van der Waals surface area contributed by atoms with Gasteiger partial charge in [0.05, 0.1) is 30.5 Å². The fourth-order valence-corrected chi connectivity index (χ4v) is 5.68. The second-order valence-corrected chi connectivity index (χ2v) is 10.4. The van der Waals surface area contributed by atoms with Crippen molar-refractivity contribution in [2.45, 2.75) is 32.0 Å². The quantitative estimate of drug-likeness (QED) is 0.408. The lowest BCUT2D eigenvalue weighted by Gasteiger charge is -2.42. The van der Waals surface area contributed by atoms with Crippen molar-refractivity contribution < 1.29 is 19.1 Å². The summed E-state index contributed by atoms with van der Waals surface area (Å²) in [6.45, 7) is 3.69. The average molecular weight is 551 g/mol. The number of amidine groups is 1. The van der Waals surface area contributed by atoms with Gasteiger partial charge < -0.3 is 14.8 Å². The first-order valence-electron chi connectivity index (χ1n) is 12.2. The van der Waals surface area contributed by atoms with Gasteiger partial charge in [-0.3, -0.25) is 19.6 Å². The number of amides is 3. The summed E-state index contributed by atoms with van der Waals surface area (Å²) in [5, 5.41) is 4.00. The minimum absolute atomic E-state index is 0.152. The number of methoxy groups -OCH3 is 1. The second-order valence-electron chi connectivity index (χ2n) is 9.54. The molecule has 38 heavy (non-hydrogen) atoms. The van der Waals surface area contributed by atoms with E-state index in [1.165, 1.54) is 12.0 Å². The minimum Gasteiger partial charge on any atom is -0.494 e. The van der Waals surface area contributed by atoms with Crippen LogP contribution < -0.4 is 19.7 Å². The normalized spacial score (nSPS) is 19.7. The van der Waals surface area contributed by atoms with E-state index in [-0.39, 0.29) is 24.6 Å². The number of hydrogen-bond donors (Lipinski definition) is 1. The van der Waals surface area contributed by atoms with Gasteiger partial charge in [0.15, 0.2) is 0 Å². The fraction of sp³-hybridized carbons (Fsp3) is 0.250. The Bertz CT molecular complexity index is 1510. The van der Waals surface area contributed by atoms with Crippen LogP contribution in [0, 0.1) is 0 Å². The molecular formula is C28H24Cl2N4O4. The van der Waals surface area contributed by atoms with Crippen LogP contribution in [0.4, 0.5) is 16.2 Å². The van der Waals surface area contributed by atoms with Crippen molar-refractivity contribution in [3.05, 3.63) is 81.3 Å². The maximum absolute atomic E-state index is 14.2. The van der Waals surface area contributed by atoms with Crippen molar-refractivity contribution in [3.8, 4) is 11.5 Å². The summed E-state index contributed by atoms with van der Waals surface area (Å²) in [6, 6.07) is 15.1. The molecule has 0 bridgehead atoms. The highest BCUT2D eigenvalue weighted by Crippen LogP contribution is 2.54. The zero-order valence-corrected chi connectivity index (χ0v) is 22.4. The van der Waals surface area contributed by atoms with Gasteiger partial charge in [0.1, 0.15) is 35.6 Å². The van der Waals surface area contributed by atoms with Crippen molar-refractivity contribution in [2.75, 3.05) is 23.9 Å². The van der Waals surface area contributed by atoms with Crippen molar-refractivity contribution in [2.24, 2.45) is 4.99 Å². The number of anilines is 2. The van der Waals surface area contributed by atoms with Crippen LogP contribution >= 0.6 is 23.2 Å². The van der Waals surface area contributed by atoms with Gasteiger partial charge in [-0.25, -0.2) is 4.79 Å². The molecule has 2 atom stereocenters. The monoisotopic (exact) mass is 550 g/mol. The highest BCUT2D eigenvalue weighted by atomic mass is 35.5. The molecule has 0 saturated heterocycles. The number of urea groups is 1. The number of hydrogen-bond acceptors (Lipinski definition) is 5. The summed E-state index contributed by atoms with van der Waals surface area (Å²) in [7, 11) is 1.51. The number of rotatable bonds is 5. The van der Waals surface area contributed by atoms with Crippen molar-refractivity contribution in [1.29, 1.82) is 0 Å². The first kappa shape index (κ1) is 24.6. The van der Waals surface area contributed by atoms with E-state index in [2.05, 4.69) is 5.32 Å². The SMILES string of the molecule is COc1cc(OC(C)C)c2c3c1NC(=O)CN3C(=O)N1C2=N[C@@H](c2ccccc2Cl)[C@H]1c1ccc(Cl)cc1. The number of nitrogens with zero attached hydrogens (tertiary/aromatic N) is 3. The van der Waals surface area contributed by atoms with Crippen LogP contribution in [0.1, 0.15) is 42.6 Å². The average Bonchev–Trinajstić information content (AvgIpc) is 3.28. The second kappa shape index (κ2) is 9.22. The van der Waals surface area contributed by atoms with Gasteiger partial charge >= 0.3 is 6.03 Å². The first-order valence-corrected chi connectivity index (χ1v) is 12.9. The highest BCUT2D eigenvalue weighted by Gasteiger charge is 2.51. The molecule has 0 unspecified atom stereocenters. The summed E-state index contributed by atoms with van der Waals surface area (Å²) in [4.78, 5) is 35.2. The number of ether oxygens (including phenoxy) is 2. The third kappa shape index (κ3) is 3.78. The maximum Gasteiger partial charge on any atom is 0.331 e. The third-order valence-corrected chi connectivity index (χ3v) is 7.41. The van der Waals surface area contributed by atoms with Gasteiger partial charge in [-0.05, 0) is 43.2 Å². The van der Waals surface area contributed by atoms with E-state index >= 15 is 0 Å². The van der Waals surface area contributed by atoms with Crippen LogP contribution in [0.2, 0.25) is 10.0 Å². The molecular weight excluding hydrogens is 527 g/mol. The summed E-state index contributed by atoms with van der Waals surface area (Å²) in [6.07, 6.45) is -0.167. The summed E-state index contributed by atoms with van der Waals surface area (Å²) >= 11 is 12.9. The molecule has 6 rings (SSSR count). The Balaban J connectivity index is 1.64. The van der Waals surface area contributed by atoms with Crippen molar-refractivity contribution >= 4 is 52.4 Å². The Labute approximate surface area is 229 Å². The summed E-state index contributed by atoms with van der Waals surface area (Å²) < 4.78 is 11.8. The zero-order chi connectivity index (χ0) is 26.7. The molecule has 3 heterocycles. The number of nitrogens with one attached hydrogen (secondary N) is 1. The van der Waals surface area contributed by atoms with E-state index in [4.69, 9.17) is 37.7 Å². The lowest BCUT2D eigenvalue weighted by molar-refractivity contribution is -0.115. The molecule has 1 N–H and O–H groups in total. The van der Waals surface area contributed by atoms with Gasteiger partial charge in [-0.15, -0.1) is 0 Å². The van der Waals surface area contributed by atoms with Gasteiger partial charge in [-0.1, -0.05) is 53.5 Å². The van der Waals surface area contributed by atoms with Gasteiger partial charge in [0.25, 0.3) is 0 Å². The molecule has 3 aliphatic rings. The number of carbonyl (C=O) groups is 2. The maximum atomic E-state index is 14.2. The van der Waals surface area contributed by atoms with E-state index in [9.17, 15) is 9.59 Å². The van der Waals surface area contributed by atoms with E-state index < -0.39 is 12.1 Å². The molecule has 194 valence electrons. The molecule has 0 radical (unpaired) electrons. The Kier molecular flexibility index (Phi) is 5.96. The highest BCUT2D eigenvalue weighted by molar-refractivity contribution is 6.32. The van der Waals surface area contributed by atoms with Crippen molar-refractivity contribution in [3.63, 3.8) is 0 Å². The molecule has 0 saturated carbocycles. The molecule has 3 aliphatic heterocycles. The molecule has 3 aromatic rings. The molecule has 8 nitrogen and oxygen atoms in total. The summed E-state index contributed by atoms with van der Waals surface area (Å²) in [5.74, 6) is 1.02. The van der Waals surface area contributed by atoms with Gasteiger partial charge in [-0.2, -0.15) is 0 Å². The molecule has 3 amide bonds. The minimum atomic E-state index is -0.537. The molecule has 0 fully saturated rings. The zero-order valence-electron chi connectivity index (χ0n) is 20.9. The van der Waals surface area contributed by atoms with E-state index in [0.717, 1.165) is 11.1 Å². The fourth-order valence-electron chi connectivity index (χ4n) is 5.31. The van der Waals surface area contributed by atoms with E-state index in [1.54, 1.807) is 23.1 Å². The topological polar surface area (TPSA) is 83.5 Å². The van der Waals surface area contributed by atoms with Crippen LogP contribution in [-0.4, -0.2) is 42.4 Å². The predicted octanol–water partition coefficient (Wildman–Crippen LogP) is 6.23. The number of halogens is 2. The van der Waals surface area contributed by atoms with Crippen LogP contribution in [-0.2, 0) is 4.79 Å². The van der Waals surface area contributed by atoms with E-state index in [0.29, 0.717) is 44.3 Å². The Morgan fingerprint density at radius 1 is 1.05 bits per heavy atom. The predicted molar refractivity (Wildman–Crippen MR) is 147 cm³/mol. The van der Waals surface area contributed by atoms with Crippen LogP contribution in [0.3, 0.4) is 0 Å². The third-order valence-electron chi connectivity index (χ3n) is 6.81.